The molecule has 0 aromatic rings. The van der Waals surface area contributed by atoms with Gasteiger partial charge in [0.25, 0.3) is 0 Å². The molecule has 94 valence electrons. The highest BCUT2D eigenvalue weighted by Crippen LogP contribution is 2.17. The molecule has 1 heterocycles. The molecule has 1 rings (SSSR count). The summed E-state index contributed by atoms with van der Waals surface area (Å²) in [6.07, 6.45) is 2.57. The monoisotopic (exact) mass is 228 g/mol. The Labute approximate surface area is 98.0 Å². The van der Waals surface area contributed by atoms with Crippen LogP contribution in [0.1, 0.15) is 33.1 Å². The summed E-state index contributed by atoms with van der Waals surface area (Å²) in [5, 5.41) is 12.1. The Morgan fingerprint density at radius 3 is 2.56 bits per heavy atom. The quantitative estimate of drug-likeness (QED) is 0.725. The fourth-order valence-electron chi connectivity index (χ4n) is 2.17. The molecule has 1 aliphatic rings. The fraction of sp³-hybridized carbons (Fsp3) is 0.917. The summed E-state index contributed by atoms with van der Waals surface area (Å²) in [5.41, 5.74) is 0. The molecule has 0 aromatic carbocycles. The van der Waals surface area contributed by atoms with E-state index in [9.17, 15) is 4.79 Å². The van der Waals surface area contributed by atoms with Crippen molar-refractivity contribution in [2.45, 2.75) is 39.2 Å². The van der Waals surface area contributed by atoms with Gasteiger partial charge in [-0.05, 0) is 46.2 Å². The first-order valence-electron chi connectivity index (χ1n) is 6.29. The lowest BCUT2D eigenvalue weighted by Crippen LogP contribution is -2.44. The van der Waals surface area contributed by atoms with Gasteiger partial charge in [0.1, 0.15) is 0 Å². The van der Waals surface area contributed by atoms with E-state index < -0.39 is 0 Å². The number of amides is 1. The van der Waals surface area contributed by atoms with Gasteiger partial charge >= 0.3 is 0 Å². The predicted molar refractivity (Wildman–Crippen MR) is 64.1 cm³/mol. The van der Waals surface area contributed by atoms with Gasteiger partial charge in [-0.1, -0.05) is 0 Å². The van der Waals surface area contributed by atoms with Crippen LogP contribution in [0.2, 0.25) is 0 Å². The van der Waals surface area contributed by atoms with Gasteiger partial charge in [-0.2, -0.15) is 0 Å². The third-order valence-electron chi connectivity index (χ3n) is 3.15. The number of aliphatic hydroxyl groups is 1. The fourth-order valence-corrected chi connectivity index (χ4v) is 2.17. The molecule has 1 amide bonds. The first-order chi connectivity index (χ1) is 7.66. The van der Waals surface area contributed by atoms with Crippen LogP contribution in [0, 0.1) is 5.92 Å². The van der Waals surface area contributed by atoms with Crippen LogP contribution in [0.5, 0.6) is 0 Å². The molecule has 0 saturated carbocycles. The van der Waals surface area contributed by atoms with Gasteiger partial charge in [-0.25, -0.2) is 0 Å². The van der Waals surface area contributed by atoms with Gasteiger partial charge in [0.15, 0.2) is 0 Å². The van der Waals surface area contributed by atoms with Crippen molar-refractivity contribution in [3.63, 3.8) is 0 Å². The SMILES string of the molecule is CC(C)N(CCCO)C(=O)C1CCNCC1. The van der Waals surface area contributed by atoms with E-state index in [1.165, 1.54) is 0 Å². The average Bonchev–Trinajstić information content (AvgIpc) is 2.30. The Balaban J connectivity index is 2.51. The van der Waals surface area contributed by atoms with Gasteiger partial charge in [0.2, 0.25) is 5.91 Å². The van der Waals surface area contributed by atoms with E-state index in [0.29, 0.717) is 13.0 Å². The molecule has 4 heteroatoms. The van der Waals surface area contributed by atoms with E-state index in [4.69, 9.17) is 5.11 Å². The lowest BCUT2D eigenvalue weighted by molar-refractivity contribution is -0.138. The number of aliphatic hydroxyl groups excluding tert-OH is 1. The number of carbonyl (C=O) groups excluding carboxylic acids is 1. The van der Waals surface area contributed by atoms with E-state index in [0.717, 1.165) is 25.9 Å². The molecule has 1 aliphatic heterocycles. The molecule has 1 fully saturated rings. The third kappa shape index (κ3) is 3.76. The van der Waals surface area contributed by atoms with Crippen LogP contribution in [0.25, 0.3) is 0 Å². The molecule has 0 atom stereocenters. The van der Waals surface area contributed by atoms with Crippen LogP contribution in [0.3, 0.4) is 0 Å². The second-order valence-corrected chi connectivity index (χ2v) is 4.73. The van der Waals surface area contributed by atoms with Crippen LogP contribution in [-0.4, -0.2) is 48.2 Å². The predicted octanol–water partition coefficient (Wildman–Crippen LogP) is 0.605. The van der Waals surface area contributed by atoms with Crippen molar-refractivity contribution in [2.24, 2.45) is 5.92 Å². The second kappa shape index (κ2) is 6.86. The molecule has 0 aromatic heterocycles. The summed E-state index contributed by atoms with van der Waals surface area (Å²) in [6.45, 7) is 6.80. The number of hydrogen-bond donors (Lipinski definition) is 2. The zero-order valence-corrected chi connectivity index (χ0v) is 10.4. The molecule has 0 bridgehead atoms. The van der Waals surface area contributed by atoms with E-state index in [1.54, 1.807) is 0 Å². The van der Waals surface area contributed by atoms with E-state index in [1.807, 2.05) is 18.7 Å². The highest BCUT2D eigenvalue weighted by Gasteiger charge is 2.26. The number of hydrogen-bond acceptors (Lipinski definition) is 3. The van der Waals surface area contributed by atoms with Gasteiger partial charge in [0.05, 0.1) is 0 Å². The Hall–Kier alpha value is -0.610. The summed E-state index contributed by atoms with van der Waals surface area (Å²) >= 11 is 0. The Morgan fingerprint density at radius 2 is 2.06 bits per heavy atom. The minimum Gasteiger partial charge on any atom is -0.396 e. The van der Waals surface area contributed by atoms with Crippen molar-refractivity contribution in [3.8, 4) is 0 Å². The Kier molecular flexibility index (Phi) is 5.77. The minimum atomic E-state index is 0.155. The van der Waals surface area contributed by atoms with Crippen molar-refractivity contribution < 1.29 is 9.90 Å². The number of nitrogens with one attached hydrogen (secondary N) is 1. The first kappa shape index (κ1) is 13.5. The van der Waals surface area contributed by atoms with Crippen LogP contribution in [0.15, 0.2) is 0 Å². The molecule has 4 nitrogen and oxygen atoms in total. The van der Waals surface area contributed by atoms with Crippen LogP contribution in [-0.2, 0) is 4.79 Å². The topological polar surface area (TPSA) is 52.6 Å². The van der Waals surface area contributed by atoms with Crippen LogP contribution >= 0.6 is 0 Å². The number of nitrogens with zero attached hydrogens (tertiary/aromatic N) is 1. The highest BCUT2D eigenvalue weighted by atomic mass is 16.3. The highest BCUT2D eigenvalue weighted by molar-refractivity contribution is 5.79. The average molecular weight is 228 g/mol. The lowest BCUT2D eigenvalue weighted by atomic mass is 9.96. The lowest BCUT2D eigenvalue weighted by Gasteiger charge is -2.32. The molecular weight excluding hydrogens is 204 g/mol. The Bertz CT molecular complexity index is 213. The maximum atomic E-state index is 12.3. The van der Waals surface area contributed by atoms with Crippen LogP contribution < -0.4 is 5.32 Å². The third-order valence-corrected chi connectivity index (χ3v) is 3.15. The Morgan fingerprint density at radius 1 is 1.44 bits per heavy atom. The number of piperidine rings is 1. The summed E-state index contributed by atoms with van der Waals surface area (Å²) < 4.78 is 0. The zero-order valence-electron chi connectivity index (χ0n) is 10.4. The smallest absolute Gasteiger partial charge is 0.226 e. The van der Waals surface area contributed by atoms with Gasteiger partial charge < -0.3 is 15.3 Å². The van der Waals surface area contributed by atoms with Crippen molar-refractivity contribution in [1.29, 1.82) is 0 Å². The molecule has 0 aliphatic carbocycles. The molecule has 2 N–H and O–H groups in total. The van der Waals surface area contributed by atoms with Gasteiger partial charge in [0, 0.05) is 25.1 Å². The number of carbonyl (C=O) groups is 1. The first-order valence-corrected chi connectivity index (χ1v) is 6.29. The number of rotatable bonds is 5. The minimum absolute atomic E-state index is 0.155. The van der Waals surface area contributed by atoms with E-state index in [-0.39, 0.29) is 24.5 Å². The molecule has 16 heavy (non-hydrogen) atoms. The molecule has 0 unspecified atom stereocenters. The van der Waals surface area contributed by atoms with Crippen LogP contribution in [0.4, 0.5) is 0 Å². The molecule has 0 radical (unpaired) electrons. The summed E-state index contributed by atoms with van der Waals surface area (Å²) in [5.74, 6) is 0.451. The zero-order chi connectivity index (χ0) is 12.0. The van der Waals surface area contributed by atoms with E-state index in [2.05, 4.69) is 5.32 Å². The molecular formula is C12H24N2O2. The summed E-state index contributed by atoms with van der Waals surface area (Å²) in [4.78, 5) is 14.2. The van der Waals surface area contributed by atoms with Gasteiger partial charge in [-0.3, -0.25) is 4.79 Å². The second-order valence-electron chi connectivity index (χ2n) is 4.73. The summed E-state index contributed by atoms with van der Waals surface area (Å²) in [7, 11) is 0. The molecule has 0 spiro atoms. The maximum absolute atomic E-state index is 12.3. The van der Waals surface area contributed by atoms with Crippen molar-refractivity contribution in [1.82, 2.24) is 10.2 Å². The van der Waals surface area contributed by atoms with Crippen molar-refractivity contribution >= 4 is 5.91 Å². The van der Waals surface area contributed by atoms with Crippen molar-refractivity contribution in [2.75, 3.05) is 26.2 Å². The van der Waals surface area contributed by atoms with Crippen molar-refractivity contribution in [3.05, 3.63) is 0 Å². The standard InChI is InChI=1S/C12H24N2O2/c1-10(2)14(8-3-9-15)12(16)11-4-6-13-7-5-11/h10-11,13,15H,3-9H2,1-2H3. The largest absolute Gasteiger partial charge is 0.396 e. The van der Waals surface area contributed by atoms with E-state index >= 15 is 0 Å². The van der Waals surface area contributed by atoms with Gasteiger partial charge in [-0.15, -0.1) is 0 Å². The maximum Gasteiger partial charge on any atom is 0.226 e. The summed E-state index contributed by atoms with van der Waals surface area (Å²) in [6, 6.07) is 0.230. The normalized spacial score (nSPS) is 17.8. The molecule has 1 saturated heterocycles.